The van der Waals surface area contributed by atoms with Crippen LogP contribution in [0.3, 0.4) is 0 Å². The Kier molecular flexibility index (Phi) is 11.4. The van der Waals surface area contributed by atoms with E-state index >= 15 is 0 Å². The number of hydrogen-bond acceptors (Lipinski definition) is 3. The summed E-state index contributed by atoms with van der Waals surface area (Å²) < 4.78 is 7.61. The molecule has 0 aliphatic heterocycles. The Morgan fingerprint density at radius 1 is 0.253 bits per heavy atom. The summed E-state index contributed by atoms with van der Waals surface area (Å²) in [6.45, 7) is 27.7. The maximum absolute atomic E-state index is 5.49. The molecule has 4 heterocycles. The van der Waals surface area contributed by atoms with Crippen LogP contribution in [0.5, 0.6) is 0 Å². The molecule has 0 unspecified atom stereocenters. The van der Waals surface area contributed by atoms with E-state index in [0.717, 1.165) is 66.9 Å². The molecule has 6 heteroatoms. The Balaban J connectivity index is 1.28. The maximum Gasteiger partial charge on any atom is 0.164 e. The molecule has 0 atom stereocenters. The number of rotatable bonds is 6. The zero-order chi connectivity index (χ0) is 54.9. The van der Waals surface area contributed by atoms with Gasteiger partial charge >= 0.3 is 0 Å². The molecule has 0 saturated carbocycles. The average Bonchev–Trinajstić information content (AvgIpc) is 3.65. The quantitative estimate of drug-likeness (QED) is 0.167. The van der Waals surface area contributed by atoms with Gasteiger partial charge in [-0.15, -0.1) is 0 Å². The van der Waals surface area contributed by atoms with Crippen molar-refractivity contribution in [2.45, 2.75) is 105 Å². The van der Waals surface area contributed by atoms with Gasteiger partial charge in [0.2, 0.25) is 0 Å². The number of fused-ring (bicyclic) bond motifs is 9. The Hall–Kier alpha value is -8.61. The molecule has 9 aromatic carbocycles. The lowest BCUT2D eigenvalue weighted by Gasteiger charge is -2.24. The van der Waals surface area contributed by atoms with Gasteiger partial charge in [-0.1, -0.05) is 204 Å². The lowest BCUT2D eigenvalue weighted by atomic mass is 9.85. The number of benzene rings is 9. The van der Waals surface area contributed by atoms with E-state index in [4.69, 9.17) is 15.0 Å². The lowest BCUT2D eigenvalue weighted by molar-refractivity contribution is 0.590. The number of nitrogens with zero attached hydrogens (tertiary/aromatic N) is 6. The fourth-order valence-electron chi connectivity index (χ4n) is 11.8. The highest BCUT2D eigenvalue weighted by Gasteiger charge is 2.30. The molecule has 0 saturated heterocycles. The summed E-state index contributed by atoms with van der Waals surface area (Å²) in [6, 6.07) is 71.7. The van der Waals surface area contributed by atoms with Crippen LogP contribution < -0.4 is 0 Å². The van der Waals surface area contributed by atoms with Crippen LogP contribution in [-0.2, 0) is 21.7 Å². The number of hydrogen-bond donors (Lipinski definition) is 0. The molecule has 0 spiro atoms. The summed E-state index contributed by atoms with van der Waals surface area (Å²) in [5.41, 5.74) is 17.3. The fraction of sp³-hybridized carbons (Fsp3) is 0.219. The molecule has 0 aliphatic rings. The van der Waals surface area contributed by atoms with E-state index in [0.29, 0.717) is 17.5 Å². The fourth-order valence-corrected chi connectivity index (χ4v) is 11.8. The topological polar surface area (TPSA) is 53.5 Å². The van der Waals surface area contributed by atoms with Gasteiger partial charge in [0.25, 0.3) is 0 Å². The third-order valence-corrected chi connectivity index (χ3v) is 16.3. The van der Waals surface area contributed by atoms with Crippen molar-refractivity contribution in [3.05, 3.63) is 216 Å². The predicted octanol–water partition coefficient (Wildman–Crippen LogP) is 19.4. The molecule has 79 heavy (non-hydrogen) atoms. The minimum Gasteiger partial charge on any atom is -0.307 e. The summed E-state index contributed by atoms with van der Waals surface area (Å²) in [4.78, 5) is 16.2. The minimum absolute atomic E-state index is 0.0761. The Morgan fingerprint density at radius 3 is 0.848 bits per heavy atom. The van der Waals surface area contributed by atoms with E-state index in [1.54, 1.807) is 0 Å². The second-order valence-electron chi connectivity index (χ2n) is 25.9. The van der Waals surface area contributed by atoms with E-state index in [1.807, 2.05) is 12.1 Å². The Labute approximate surface area is 464 Å². The van der Waals surface area contributed by atoms with Crippen molar-refractivity contribution in [1.82, 2.24) is 28.7 Å². The van der Waals surface area contributed by atoms with Crippen molar-refractivity contribution < 1.29 is 0 Å². The van der Waals surface area contributed by atoms with Crippen LogP contribution in [-0.4, -0.2) is 28.7 Å². The summed E-state index contributed by atoms with van der Waals surface area (Å²) in [5.74, 6) is 1.81. The first-order valence-corrected chi connectivity index (χ1v) is 27.9. The van der Waals surface area contributed by atoms with Crippen LogP contribution in [0.25, 0.3) is 117 Å². The van der Waals surface area contributed by atoms with Crippen molar-refractivity contribution in [1.29, 1.82) is 0 Å². The van der Waals surface area contributed by atoms with Gasteiger partial charge < -0.3 is 13.7 Å². The molecule has 0 N–H and O–H groups in total. The second kappa shape index (κ2) is 18.0. The molecule has 13 rings (SSSR count). The molecular weight excluding hydrogens is 961 g/mol. The van der Waals surface area contributed by atoms with Gasteiger partial charge in [-0.05, 0) is 117 Å². The van der Waals surface area contributed by atoms with E-state index in [1.165, 1.54) is 54.6 Å². The lowest BCUT2D eigenvalue weighted by Crippen LogP contribution is -2.12. The molecule has 6 nitrogen and oxygen atoms in total. The first-order valence-electron chi connectivity index (χ1n) is 27.9. The SMILES string of the molecule is CC(C)(C)c1ccc2c(c1)c1cc(C(C)(C)C)ccc1n2-c1cc(-c2nc(-c3ccccc3)nc(-c3ccccc3)n2)cc(-n2c3ccc(C(C)(C)C)cc3c3cc(C(C)(C)C)ccc32)c1-n1c2ccccc2c2ccccc21. The van der Waals surface area contributed by atoms with Crippen molar-refractivity contribution in [3.63, 3.8) is 0 Å². The first kappa shape index (κ1) is 49.9. The molecule has 0 amide bonds. The van der Waals surface area contributed by atoms with Crippen molar-refractivity contribution >= 4 is 65.4 Å². The molecule has 0 fully saturated rings. The van der Waals surface area contributed by atoms with Crippen LogP contribution in [0.2, 0.25) is 0 Å². The largest absolute Gasteiger partial charge is 0.307 e. The van der Waals surface area contributed by atoms with Gasteiger partial charge in [0, 0.05) is 49.0 Å². The monoisotopic (exact) mass is 1030 g/mol. The van der Waals surface area contributed by atoms with Gasteiger partial charge in [-0.2, -0.15) is 0 Å². The zero-order valence-corrected chi connectivity index (χ0v) is 47.7. The molecule has 4 aromatic heterocycles. The summed E-state index contributed by atoms with van der Waals surface area (Å²) >= 11 is 0. The molecule has 0 aliphatic carbocycles. The Bertz CT molecular complexity index is 4130. The molecule has 0 bridgehead atoms. The summed E-state index contributed by atoms with van der Waals surface area (Å²) in [7, 11) is 0. The van der Waals surface area contributed by atoms with Gasteiger partial charge in [0.15, 0.2) is 17.5 Å². The summed E-state index contributed by atoms with van der Waals surface area (Å²) in [5, 5.41) is 7.24. The van der Waals surface area contributed by atoms with Gasteiger partial charge in [-0.25, -0.2) is 15.0 Å². The van der Waals surface area contributed by atoms with E-state index in [9.17, 15) is 0 Å². The van der Waals surface area contributed by atoms with Crippen LogP contribution in [0.4, 0.5) is 0 Å². The highest BCUT2D eigenvalue weighted by molar-refractivity contribution is 6.14. The normalized spacial score (nSPS) is 12.8. The summed E-state index contributed by atoms with van der Waals surface area (Å²) in [6.07, 6.45) is 0. The minimum atomic E-state index is -0.0761. The Morgan fingerprint density at radius 2 is 0.532 bits per heavy atom. The third-order valence-electron chi connectivity index (χ3n) is 16.3. The molecular formula is C73H68N6. The highest BCUT2D eigenvalue weighted by atomic mass is 15.1. The standard InChI is InChI=1S/C73H68N6/c1-70(2,3)48-31-35-60-54(41-48)55-42-49(71(4,5)6)32-36-61(55)77(60)64-39-47(69-75-67(45-23-15-13-16-24-45)74-68(76-69)46-25-17-14-18-26-46)40-65(66(64)79-58-29-21-19-27-52(58)53-28-20-22-30-59(53)79)78-62-37-33-50(72(7,8)9)43-56(62)57-44-51(73(10,11)12)34-38-63(57)78/h13-44H,1-12H3. The van der Waals surface area contributed by atoms with Crippen LogP contribution in [0, 0.1) is 0 Å². The van der Waals surface area contributed by atoms with Crippen molar-refractivity contribution in [2.75, 3.05) is 0 Å². The molecule has 390 valence electrons. The van der Waals surface area contributed by atoms with Crippen LogP contribution in [0.15, 0.2) is 194 Å². The molecule has 13 aromatic rings. The smallest absolute Gasteiger partial charge is 0.164 e. The van der Waals surface area contributed by atoms with Crippen LogP contribution >= 0.6 is 0 Å². The van der Waals surface area contributed by atoms with Gasteiger partial charge in [0.1, 0.15) is 0 Å². The van der Waals surface area contributed by atoms with Gasteiger partial charge in [-0.3, -0.25) is 0 Å². The highest BCUT2D eigenvalue weighted by Crippen LogP contribution is 2.47. The molecule has 0 radical (unpaired) electrons. The average molecular weight is 1030 g/mol. The second-order valence-corrected chi connectivity index (χ2v) is 25.9. The first-order chi connectivity index (χ1) is 37.7. The predicted molar refractivity (Wildman–Crippen MR) is 334 cm³/mol. The maximum atomic E-state index is 5.49. The number of para-hydroxylation sites is 2. The van der Waals surface area contributed by atoms with Crippen LogP contribution in [0.1, 0.15) is 105 Å². The number of aromatic nitrogens is 6. The van der Waals surface area contributed by atoms with Crippen molar-refractivity contribution in [2.24, 2.45) is 0 Å². The van der Waals surface area contributed by atoms with E-state index in [2.05, 4.69) is 279 Å². The van der Waals surface area contributed by atoms with E-state index in [-0.39, 0.29) is 21.7 Å². The van der Waals surface area contributed by atoms with Crippen molar-refractivity contribution in [3.8, 4) is 51.2 Å². The third kappa shape index (κ3) is 8.43. The van der Waals surface area contributed by atoms with E-state index < -0.39 is 0 Å². The zero-order valence-electron chi connectivity index (χ0n) is 47.7. The van der Waals surface area contributed by atoms with Gasteiger partial charge in [0.05, 0.1) is 50.2 Å².